The molecule has 0 aromatic heterocycles. The van der Waals surface area contributed by atoms with Gasteiger partial charge >= 0.3 is 12.1 Å². The van der Waals surface area contributed by atoms with Gasteiger partial charge in [0.05, 0.1) is 27.8 Å². The van der Waals surface area contributed by atoms with Gasteiger partial charge in [-0.15, -0.1) is 0 Å². The molecule has 0 radical (unpaired) electrons. The summed E-state index contributed by atoms with van der Waals surface area (Å²) in [5.74, 6) is -1.36. The van der Waals surface area contributed by atoms with Crippen LogP contribution in [-0.2, 0) is 30.5 Å². The minimum absolute atomic E-state index is 0.0611. The monoisotopic (exact) mass is 478 g/mol. The number of esters is 1. The topological polar surface area (TPSA) is 92.8 Å². The molecule has 168 valence electrons. The molecule has 0 spiro atoms. The molecule has 0 aliphatic carbocycles. The first kappa shape index (κ1) is 24.5. The van der Waals surface area contributed by atoms with Gasteiger partial charge in [-0.05, 0) is 49.4 Å². The van der Waals surface area contributed by atoms with Crippen LogP contribution in [0.2, 0.25) is 5.02 Å². The van der Waals surface area contributed by atoms with E-state index in [1.807, 2.05) is 0 Å². The number of alkyl halides is 3. The zero-order valence-electron chi connectivity index (χ0n) is 16.4. The number of hydrogen-bond donors (Lipinski definition) is 1. The van der Waals surface area contributed by atoms with Crippen LogP contribution in [0.25, 0.3) is 0 Å². The number of halogens is 4. The van der Waals surface area contributed by atoms with Crippen LogP contribution in [0.5, 0.6) is 0 Å². The van der Waals surface area contributed by atoms with Gasteiger partial charge < -0.3 is 10.1 Å². The number of hydrogen-bond acceptors (Lipinski definition) is 5. The van der Waals surface area contributed by atoms with Crippen molar-refractivity contribution in [3.05, 3.63) is 53.1 Å². The zero-order valence-corrected chi connectivity index (χ0v) is 17.9. The van der Waals surface area contributed by atoms with E-state index in [2.05, 4.69) is 5.32 Å². The molecular formula is C19H18ClF3N2O5S. The molecule has 0 atom stereocenters. The SMILES string of the molecule is CCOC(=O)CN(c1cc(C(F)(F)F)ccc1Cl)S(=O)(=O)c1ccc(NC(C)=O)cc1. The first-order chi connectivity index (χ1) is 14.4. The Hall–Kier alpha value is -2.79. The number of anilines is 2. The summed E-state index contributed by atoms with van der Waals surface area (Å²) in [6.07, 6.45) is -4.77. The van der Waals surface area contributed by atoms with Crippen molar-refractivity contribution in [2.45, 2.75) is 24.9 Å². The third-order valence-electron chi connectivity index (χ3n) is 3.88. The van der Waals surface area contributed by atoms with E-state index < -0.39 is 40.0 Å². The molecule has 0 aliphatic rings. The van der Waals surface area contributed by atoms with Crippen molar-refractivity contribution in [2.24, 2.45) is 0 Å². The van der Waals surface area contributed by atoms with Gasteiger partial charge in [0, 0.05) is 12.6 Å². The summed E-state index contributed by atoms with van der Waals surface area (Å²) < 4.78 is 71.2. The predicted octanol–water partition coefficient (Wildman–Crippen LogP) is 4.08. The van der Waals surface area contributed by atoms with Crippen LogP contribution >= 0.6 is 11.6 Å². The number of carbonyl (C=O) groups excluding carboxylic acids is 2. The lowest BCUT2D eigenvalue weighted by Gasteiger charge is -2.25. The Kier molecular flexibility index (Phi) is 7.55. The second-order valence-corrected chi connectivity index (χ2v) is 8.46. The van der Waals surface area contributed by atoms with Gasteiger partial charge in [0.2, 0.25) is 5.91 Å². The zero-order chi connectivity index (χ0) is 23.4. The van der Waals surface area contributed by atoms with Gasteiger partial charge in [-0.25, -0.2) is 8.42 Å². The summed E-state index contributed by atoms with van der Waals surface area (Å²) in [4.78, 5) is 22.8. The second-order valence-electron chi connectivity index (χ2n) is 6.19. The normalized spacial score (nSPS) is 11.7. The quantitative estimate of drug-likeness (QED) is 0.605. The van der Waals surface area contributed by atoms with E-state index in [1.54, 1.807) is 0 Å². The van der Waals surface area contributed by atoms with Gasteiger partial charge in [-0.1, -0.05) is 11.6 Å². The second kappa shape index (κ2) is 9.56. The molecule has 7 nitrogen and oxygen atoms in total. The summed E-state index contributed by atoms with van der Waals surface area (Å²) in [6.45, 7) is 1.80. The van der Waals surface area contributed by atoms with Crippen molar-refractivity contribution in [1.82, 2.24) is 0 Å². The minimum Gasteiger partial charge on any atom is -0.465 e. The third-order valence-corrected chi connectivity index (χ3v) is 5.98. The van der Waals surface area contributed by atoms with Crippen molar-refractivity contribution in [3.8, 4) is 0 Å². The molecule has 0 heterocycles. The van der Waals surface area contributed by atoms with Crippen LogP contribution in [-0.4, -0.2) is 33.4 Å². The highest BCUT2D eigenvalue weighted by atomic mass is 35.5. The molecule has 12 heteroatoms. The van der Waals surface area contributed by atoms with E-state index in [0.29, 0.717) is 22.1 Å². The Morgan fingerprint density at radius 2 is 1.74 bits per heavy atom. The number of nitrogens with one attached hydrogen (secondary N) is 1. The van der Waals surface area contributed by atoms with Gasteiger partial charge in [0.15, 0.2) is 0 Å². The molecule has 31 heavy (non-hydrogen) atoms. The molecule has 0 bridgehead atoms. The molecule has 0 aliphatic heterocycles. The molecule has 1 amide bonds. The highest BCUT2D eigenvalue weighted by Crippen LogP contribution is 2.37. The summed E-state index contributed by atoms with van der Waals surface area (Å²) in [6, 6.07) is 7.01. The molecule has 2 aromatic rings. The lowest BCUT2D eigenvalue weighted by molar-refractivity contribution is -0.141. The van der Waals surface area contributed by atoms with Crippen molar-refractivity contribution in [2.75, 3.05) is 22.8 Å². The maximum absolute atomic E-state index is 13.2. The first-order valence-corrected chi connectivity index (χ1v) is 10.6. The first-order valence-electron chi connectivity index (χ1n) is 8.79. The van der Waals surface area contributed by atoms with Crippen LogP contribution in [0.3, 0.4) is 0 Å². The molecule has 0 fully saturated rings. The Balaban J connectivity index is 2.58. The van der Waals surface area contributed by atoms with Gasteiger partial charge in [-0.2, -0.15) is 13.2 Å². The maximum Gasteiger partial charge on any atom is 0.416 e. The maximum atomic E-state index is 13.2. The van der Waals surface area contributed by atoms with E-state index in [0.717, 1.165) is 18.2 Å². The fraction of sp³-hybridized carbons (Fsp3) is 0.263. The Morgan fingerprint density at radius 3 is 2.26 bits per heavy atom. The van der Waals surface area contributed by atoms with Crippen LogP contribution in [0.1, 0.15) is 19.4 Å². The minimum atomic E-state index is -4.77. The summed E-state index contributed by atoms with van der Waals surface area (Å²) in [5.41, 5.74) is -1.37. The largest absolute Gasteiger partial charge is 0.465 e. The third kappa shape index (κ3) is 6.11. The van der Waals surface area contributed by atoms with E-state index in [9.17, 15) is 31.2 Å². The standard InChI is InChI=1S/C19H18ClF3N2O5S/c1-3-30-18(27)11-25(17-10-13(19(21,22)23)4-9-16(17)20)31(28,29)15-7-5-14(6-8-15)24-12(2)26/h4-10H,3,11H2,1-2H3,(H,24,26). The fourth-order valence-electron chi connectivity index (χ4n) is 2.54. The summed E-state index contributed by atoms with van der Waals surface area (Å²) in [7, 11) is -4.53. The molecular weight excluding hydrogens is 461 g/mol. The summed E-state index contributed by atoms with van der Waals surface area (Å²) in [5, 5.41) is 2.15. The average Bonchev–Trinajstić information content (AvgIpc) is 2.66. The van der Waals surface area contributed by atoms with Crippen molar-refractivity contribution in [3.63, 3.8) is 0 Å². The number of ether oxygens (including phenoxy) is 1. The lowest BCUT2D eigenvalue weighted by atomic mass is 10.2. The molecule has 0 saturated heterocycles. The number of rotatable bonds is 7. The smallest absolute Gasteiger partial charge is 0.416 e. The van der Waals surface area contributed by atoms with Crippen LogP contribution in [0.15, 0.2) is 47.4 Å². The van der Waals surface area contributed by atoms with Crippen LogP contribution < -0.4 is 9.62 Å². The van der Waals surface area contributed by atoms with E-state index in [1.165, 1.54) is 26.0 Å². The molecule has 0 saturated carbocycles. The summed E-state index contributed by atoms with van der Waals surface area (Å²) >= 11 is 6.00. The number of sulfonamides is 1. The number of benzene rings is 2. The Morgan fingerprint density at radius 1 is 1.13 bits per heavy atom. The number of amides is 1. The average molecular weight is 479 g/mol. The van der Waals surface area contributed by atoms with Gasteiger partial charge in [-0.3, -0.25) is 13.9 Å². The van der Waals surface area contributed by atoms with E-state index >= 15 is 0 Å². The van der Waals surface area contributed by atoms with E-state index in [4.69, 9.17) is 16.3 Å². The molecule has 1 N–H and O–H groups in total. The Labute approximate surface area is 181 Å². The van der Waals surface area contributed by atoms with Gasteiger partial charge in [0.25, 0.3) is 10.0 Å². The van der Waals surface area contributed by atoms with Crippen molar-refractivity contribution in [1.29, 1.82) is 0 Å². The number of carbonyl (C=O) groups is 2. The fourth-order valence-corrected chi connectivity index (χ4v) is 4.23. The van der Waals surface area contributed by atoms with Crippen molar-refractivity contribution >= 4 is 44.9 Å². The lowest BCUT2D eigenvalue weighted by Crippen LogP contribution is -2.37. The molecule has 2 rings (SSSR count). The predicted molar refractivity (Wildman–Crippen MR) is 108 cm³/mol. The van der Waals surface area contributed by atoms with Crippen molar-refractivity contribution < 1.29 is 35.9 Å². The van der Waals surface area contributed by atoms with E-state index in [-0.39, 0.29) is 22.4 Å². The molecule has 2 aromatic carbocycles. The molecule has 0 unspecified atom stereocenters. The van der Waals surface area contributed by atoms with Gasteiger partial charge in [0.1, 0.15) is 6.54 Å². The number of nitrogens with zero attached hydrogens (tertiary/aromatic N) is 1. The highest BCUT2D eigenvalue weighted by molar-refractivity contribution is 7.92. The Bertz CT molecular complexity index is 1070. The van der Waals surface area contributed by atoms with Crippen LogP contribution in [0.4, 0.5) is 24.5 Å². The highest BCUT2D eigenvalue weighted by Gasteiger charge is 2.34. The van der Waals surface area contributed by atoms with Crippen LogP contribution in [0, 0.1) is 0 Å².